The minimum Gasteiger partial charge on any atom is -0.491 e. The Morgan fingerprint density at radius 3 is 2.19 bits per heavy atom. The van der Waals surface area contributed by atoms with E-state index >= 15 is 0 Å². The molecule has 0 radical (unpaired) electrons. The molecular weight excluding hydrogens is 412 g/mol. The van der Waals surface area contributed by atoms with Crippen LogP contribution in [0.2, 0.25) is 0 Å². The summed E-state index contributed by atoms with van der Waals surface area (Å²) in [5.41, 5.74) is 1.55. The van der Waals surface area contributed by atoms with Crippen molar-refractivity contribution in [2.45, 2.75) is 52.5 Å². The van der Waals surface area contributed by atoms with Crippen molar-refractivity contribution in [3.05, 3.63) is 64.7 Å². The lowest BCUT2D eigenvalue weighted by Gasteiger charge is -2.30. The van der Waals surface area contributed by atoms with Crippen LogP contribution in [-0.4, -0.2) is 52.4 Å². The topological polar surface area (TPSA) is 105 Å². The second-order valence-electron chi connectivity index (χ2n) is 8.77. The van der Waals surface area contributed by atoms with E-state index in [0.717, 1.165) is 16.0 Å². The predicted molar refractivity (Wildman–Crippen MR) is 118 cm³/mol. The summed E-state index contributed by atoms with van der Waals surface area (Å²) < 4.78 is 11.1. The van der Waals surface area contributed by atoms with Crippen LogP contribution in [-0.2, 0) is 4.74 Å². The van der Waals surface area contributed by atoms with Gasteiger partial charge in [0.25, 0.3) is 11.8 Å². The van der Waals surface area contributed by atoms with Crippen LogP contribution in [0.15, 0.2) is 42.5 Å². The monoisotopic (exact) mass is 440 g/mol. The molecule has 1 aliphatic heterocycles. The third-order valence-electron chi connectivity index (χ3n) is 4.90. The summed E-state index contributed by atoms with van der Waals surface area (Å²) in [5.74, 6) is -0.720. The van der Waals surface area contributed by atoms with E-state index in [2.05, 4.69) is 5.32 Å². The van der Waals surface area contributed by atoms with Gasteiger partial charge in [-0.25, -0.2) is 9.69 Å². The Morgan fingerprint density at radius 2 is 1.66 bits per heavy atom. The fraction of sp³-hybridized carbons (Fsp3) is 0.375. The van der Waals surface area contributed by atoms with Gasteiger partial charge in [0.05, 0.1) is 11.1 Å². The maximum atomic E-state index is 12.8. The van der Waals surface area contributed by atoms with Crippen LogP contribution in [0, 0.1) is 13.8 Å². The molecule has 3 rings (SSSR count). The summed E-state index contributed by atoms with van der Waals surface area (Å²) in [7, 11) is 0. The maximum absolute atomic E-state index is 12.8. The second-order valence-corrected chi connectivity index (χ2v) is 8.77. The van der Waals surface area contributed by atoms with Crippen molar-refractivity contribution < 1.29 is 29.0 Å². The van der Waals surface area contributed by atoms with Crippen molar-refractivity contribution in [3.63, 3.8) is 0 Å². The fourth-order valence-electron chi connectivity index (χ4n) is 3.43. The standard InChI is InChI=1S/C24H28N2O6/c1-14-10-11-19(15(2)12-14)31-13-18(25-23(30)32-24(3,4)5)22(29)26-20(27)16-8-6-7-9-17(16)21(26)28/h6-12,18,22,29H,13H2,1-5H3,(H,25,30). The Balaban J connectivity index is 1.83. The van der Waals surface area contributed by atoms with Gasteiger partial charge in [0.1, 0.15) is 24.0 Å². The normalized spacial score (nSPS) is 15.2. The van der Waals surface area contributed by atoms with E-state index in [-0.39, 0.29) is 17.7 Å². The number of hydrogen-bond acceptors (Lipinski definition) is 6. The first-order chi connectivity index (χ1) is 15.0. The molecule has 32 heavy (non-hydrogen) atoms. The van der Waals surface area contributed by atoms with Crippen molar-refractivity contribution >= 4 is 17.9 Å². The van der Waals surface area contributed by atoms with Gasteiger partial charge in [-0.3, -0.25) is 9.59 Å². The third-order valence-corrected chi connectivity index (χ3v) is 4.90. The van der Waals surface area contributed by atoms with E-state index in [1.54, 1.807) is 39.0 Å². The molecular formula is C24H28N2O6. The van der Waals surface area contributed by atoms with E-state index in [4.69, 9.17) is 9.47 Å². The molecule has 0 saturated carbocycles. The molecule has 2 N–H and O–H groups in total. The molecule has 2 atom stereocenters. The van der Waals surface area contributed by atoms with Crippen LogP contribution in [0.3, 0.4) is 0 Å². The number of rotatable bonds is 6. The number of amides is 3. The number of nitrogens with one attached hydrogen (secondary N) is 1. The van der Waals surface area contributed by atoms with Crippen molar-refractivity contribution in [3.8, 4) is 5.75 Å². The highest BCUT2D eigenvalue weighted by Gasteiger charge is 2.43. The highest BCUT2D eigenvalue weighted by atomic mass is 16.6. The minimum atomic E-state index is -1.67. The molecule has 3 amide bonds. The van der Waals surface area contributed by atoms with E-state index in [0.29, 0.717) is 5.75 Å². The summed E-state index contributed by atoms with van der Waals surface area (Å²) in [4.78, 5) is 38.7. The second kappa shape index (κ2) is 9.00. The number of aliphatic hydroxyl groups is 1. The van der Waals surface area contributed by atoms with Gasteiger partial charge in [0.2, 0.25) is 0 Å². The molecule has 1 heterocycles. The fourth-order valence-corrected chi connectivity index (χ4v) is 3.43. The molecule has 0 fully saturated rings. The maximum Gasteiger partial charge on any atom is 0.408 e. The average molecular weight is 440 g/mol. The summed E-state index contributed by atoms with van der Waals surface area (Å²) in [6.07, 6.45) is -2.47. The Morgan fingerprint density at radius 1 is 1.06 bits per heavy atom. The lowest BCUT2D eigenvalue weighted by Crippen LogP contribution is -2.56. The largest absolute Gasteiger partial charge is 0.491 e. The lowest BCUT2D eigenvalue weighted by molar-refractivity contribution is -0.0163. The summed E-state index contributed by atoms with van der Waals surface area (Å²) in [6.45, 7) is 8.74. The van der Waals surface area contributed by atoms with Crippen molar-refractivity contribution in [1.29, 1.82) is 0 Å². The Bertz CT molecular complexity index is 1010. The molecule has 0 aromatic heterocycles. The predicted octanol–water partition coefficient (Wildman–Crippen LogP) is 3.19. The molecule has 8 heteroatoms. The van der Waals surface area contributed by atoms with Crippen LogP contribution in [0.1, 0.15) is 52.6 Å². The SMILES string of the molecule is Cc1ccc(OCC(NC(=O)OC(C)(C)C)C(O)N2C(=O)c3ccccc3C2=O)c(C)c1. The summed E-state index contributed by atoms with van der Waals surface area (Å²) in [6, 6.07) is 10.8. The van der Waals surface area contributed by atoms with E-state index in [1.165, 1.54) is 12.1 Å². The molecule has 2 unspecified atom stereocenters. The van der Waals surface area contributed by atoms with Crippen LogP contribution < -0.4 is 10.1 Å². The van der Waals surface area contributed by atoms with Gasteiger partial charge in [0.15, 0.2) is 6.23 Å². The van der Waals surface area contributed by atoms with E-state index < -0.39 is 35.8 Å². The number of carbonyl (C=O) groups excluding carboxylic acids is 3. The smallest absolute Gasteiger partial charge is 0.408 e. The van der Waals surface area contributed by atoms with Crippen molar-refractivity contribution in [2.24, 2.45) is 0 Å². The molecule has 2 aromatic carbocycles. The number of alkyl carbamates (subject to hydrolysis) is 1. The first-order valence-corrected chi connectivity index (χ1v) is 10.3. The molecule has 0 spiro atoms. The van der Waals surface area contributed by atoms with Crippen LogP contribution in [0.4, 0.5) is 4.79 Å². The van der Waals surface area contributed by atoms with Gasteiger partial charge in [-0.15, -0.1) is 0 Å². The number of nitrogens with zero attached hydrogens (tertiary/aromatic N) is 1. The number of aryl methyl sites for hydroxylation is 2. The molecule has 0 bridgehead atoms. The summed E-state index contributed by atoms with van der Waals surface area (Å²) >= 11 is 0. The van der Waals surface area contributed by atoms with Crippen LogP contribution in [0.5, 0.6) is 5.75 Å². The van der Waals surface area contributed by atoms with Crippen molar-refractivity contribution in [2.75, 3.05) is 6.61 Å². The number of imide groups is 1. The Hall–Kier alpha value is -3.39. The number of carbonyl (C=O) groups is 3. The summed E-state index contributed by atoms with van der Waals surface area (Å²) in [5, 5.41) is 13.5. The van der Waals surface area contributed by atoms with Gasteiger partial charge in [-0.2, -0.15) is 0 Å². The van der Waals surface area contributed by atoms with Crippen LogP contribution >= 0.6 is 0 Å². The minimum absolute atomic E-state index is 0.197. The third kappa shape index (κ3) is 5.08. The zero-order chi connectivity index (χ0) is 23.6. The van der Waals surface area contributed by atoms with E-state index in [9.17, 15) is 19.5 Å². The van der Waals surface area contributed by atoms with E-state index in [1.807, 2.05) is 26.0 Å². The molecule has 8 nitrogen and oxygen atoms in total. The van der Waals surface area contributed by atoms with Crippen LogP contribution in [0.25, 0.3) is 0 Å². The highest BCUT2D eigenvalue weighted by molar-refractivity contribution is 6.21. The average Bonchev–Trinajstić information content (AvgIpc) is 2.95. The van der Waals surface area contributed by atoms with Gasteiger partial charge in [0, 0.05) is 0 Å². The lowest BCUT2D eigenvalue weighted by atomic mass is 10.1. The zero-order valence-electron chi connectivity index (χ0n) is 18.8. The zero-order valence-corrected chi connectivity index (χ0v) is 18.8. The van der Waals surface area contributed by atoms with Crippen molar-refractivity contribution in [1.82, 2.24) is 10.2 Å². The number of hydrogen-bond donors (Lipinski definition) is 2. The Labute approximate surface area is 187 Å². The number of ether oxygens (including phenoxy) is 2. The van der Waals surface area contributed by atoms with Gasteiger partial charge < -0.3 is 19.9 Å². The first kappa shape index (κ1) is 23.3. The quantitative estimate of drug-likeness (QED) is 0.669. The molecule has 1 aliphatic rings. The number of aliphatic hydroxyl groups excluding tert-OH is 1. The molecule has 0 saturated heterocycles. The highest BCUT2D eigenvalue weighted by Crippen LogP contribution is 2.26. The number of benzene rings is 2. The van der Waals surface area contributed by atoms with Gasteiger partial charge in [-0.05, 0) is 58.4 Å². The molecule has 2 aromatic rings. The number of fused-ring (bicyclic) bond motifs is 1. The first-order valence-electron chi connectivity index (χ1n) is 10.3. The molecule has 170 valence electrons. The van der Waals surface area contributed by atoms with Gasteiger partial charge >= 0.3 is 6.09 Å². The molecule has 0 aliphatic carbocycles. The van der Waals surface area contributed by atoms with Gasteiger partial charge in [-0.1, -0.05) is 29.8 Å². The Kier molecular flexibility index (Phi) is 6.55.